The highest BCUT2D eigenvalue weighted by Gasteiger charge is 2.33. The van der Waals surface area contributed by atoms with Crippen LogP contribution < -0.4 is 10.6 Å². The van der Waals surface area contributed by atoms with Crippen LogP contribution in [0.15, 0.2) is 12.1 Å². The molecule has 0 radical (unpaired) electrons. The van der Waals surface area contributed by atoms with Gasteiger partial charge in [-0.25, -0.2) is 4.39 Å². The Morgan fingerprint density at radius 3 is 2.96 bits per heavy atom. The molecule has 2 aliphatic heterocycles. The number of halogens is 1. The SMILES string of the molecule is CC(CCC(=O)NC=O)N1Cc2cc(C3CCCCN3)c(F)cc2C1=O. The van der Waals surface area contributed by atoms with E-state index in [2.05, 4.69) is 10.6 Å². The van der Waals surface area contributed by atoms with Gasteiger partial charge in [-0.2, -0.15) is 0 Å². The van der Waals surface area contributed by atoms with Crippen LogP contribution >= 0.6 is 0 Å². The largest absolute Gasteiger partial charge is 0.332 e. The Labute approximate surface area is 152 Å². The molecule has 3 rings (SSSR count). The molecule has 1 fully saturated rings. The molecular weight excluding hydrogens is 337 g/mol. The van der Waals surface area contributed by atoms with E-state index in [9.17, 15) is 18.8 Å². The van der Waals surface area contributed by atoms with Crippen molar-refractivity contribution in [1.82, 2.24) is 15.5 Å². The summed E-state index contributed by atoms with van der Waals surface area (Å²) in [5.74, 6) is -0.908. The summed E-state index contributed by atoms with van der Waals surface area (Å²) in [5.41, 5.74) is 1.88. The fraction of sp³-hybridized carbons (Fsp3) is 0.526. The van der Waals surface area contributed by atoms with Crippen LogP contribution in [0.5, 0.6) is 0 Å². The van der Waals surface area contributed by atoms with Gasteiger partial charge in [0.1, 0.15) is 5.82 Å². The van der Waals surface area contributed by atoms with Crippen LogP contribution in [0.25, 0.3) is 0 Å². The normalized spacial score (nSPS) is 20.6. The molecule has 2 atom stereocenters. The number of fused-ring (bicyclic) bond motifs is 1. The zero-order valence-electron chi connectivity index (χ0n) is 14.9. The highest BCUT2D eigenvalue weighted by atomic mass is 19.1. The maximum Gasteiger partial charge on any atom is 0.254 e. The van der Waals surface area contributed by atoms with Gasteiger partial charge < -0.3 is 10.2 Å². The number of nitrogens with zero attached hydrogens (tertiary/aromatic N) is 1. The monoisotopic (exact) mass is 361 g/mol. The third kappa shape index (κ3) is 3.77. The van der Waals surface area contributed by atoms with E-state index in [1.165, 1.54) is 6.07 Å². The number of imide groups is 1. The topological polar surface area (TPSA) is 78.5 Å². The van der Waals surface area contributed by atoms with Gasteiger partial charge in [-0.15, -0.1) is 0 Å². The zero-order chi connectivity index (χ0) is 18.7. The highest BCUT2D eigenvalue weighted by molar-refractivity contribution is 5.98. The van der Waals surface area contributed by atoms with Gasteiger partial charge >= 0.3 is 0 Å². The van der Waals surface area contributed by atoms with Gasteiger partial charge in [0.15, 0.2) is 0 Å². The number of hydrogen-bond donors (Lipinski definition) is 2. The highest BCUT2D eigenvalue weighted by Crippen LogP contribution is 2.32. The van der Waals surface area contributed by atoms with E-state index >= 15 is 0 Å². The average molecular weight is 361 g/mol. The maximum absolute atomic E-state index is 14.6. The lowest BCUT2D eigenvalue weighted by Crippen LogP contribution is -2.34. The molecule has 0 spiro atoms. The van der Waals surface area contributed by atoms with Crippen LogP contribution in [-0.2, 0) is 16.1 Å². The van der Waals surface area contributed by atoms with E-state index in [0.29, 0.717) is 30.5 Å². The lowest BCUT2D eigenvalue weighted by molar-refractivity contribution is -0.125. The molecule has 0 saturated carbocycles. The van der Waals surface area contributed by atoms with Crippen molar-refractivity contribution < 1.29 is 18.8 Å². The van der Waals surface area contributed by atoms with Crippen molar-refractivity contribution >= 4 is 18.2 Å². The smallest absolute Gasteiger partial charge is 0.254 e. The molecule has 140 valence electrons. The van der Waals surface area contributed by atoms with Crippen molar-refractivity contribution in [3.63, 3.8) is 0 Å². The summed E-state index contributed by atoms with van der Waals surface area (Å²) in [6.45, 7) is 3.16. The minimum atomic E-state index is -0.368. The third-order valence-electron chi connectivity index (χ3n) is 5.28. The molecule has 1 aromatic carbocycles. The van der Waals surface area contributed by atoms with Gasteiger partial charge in [0.05, 0.1) is 0 Å². The molecule has 6 nitrogen and oxygen atoms in total. The molecule has 26 heavy (non-hydrogen) atoms. The standard InChI is InChI=1S/C19H24FN3O3/c1-12(5-6-18(25)22-11-24)23-10-13-8-15(17-4-2-3-7-21-17)16(20)9-14(13)19(23)26/h8-9,11-12,17,21H,2-7,10H2,1H3,(H,22,24,25). The van der Waals surface area contributed by atoms with Crippen molar-refractivity contribution in [1.29, 1.82) is 0 Å². The summed E-state index contributed by atoms with van der Waals surface area (Å²) in [7, 11) is 0. The predicted molar refractivity (Wildman–Crippen MR) is 93.8 cm³/mol. The Hall–Kier alpha value is -2.28. The van der Waals surface area contributed by atoms with Crippen LogP contribution in [0.2, 0.25) is 0 Å². The average Bonchev–Trinajstić information content (AvgIpc) is 2.96. The Morgan fingerprint density at radius 2 is 2.27 bits per heavy atom. The molecule has 1 aromatic rings. The van der Waals surface area contributed by atoms with Gasteiger partial charge in [-0.3, -0.25) is 19.7 Å². The summed E-state index contributed by atoms with van der Waals surface area (Å²) in [6.07, 6.45) is 4.03. The van der Waals surface area contributed by atoms with Gasteiger partial charge in [0.2, 0.25) is 12.3 Å². The van der Waals surface area contributed by atoms with Crippen LogP contribution in [-0.4, -0.2) is 35.7 Å². The van der Waals surface area contributed by atoms with Gasteiger partial charge in [0, 0.05) is 36.2 Å². The van der Waals surface area contributed by atoms with Crippen molar-refractivity contribution in [2.24, 2.45) is 0 Å². The minimum Gasteiger partial charge on any atom is -0.332 e. The lowest BCUT2D eigenvalue weighted by Gasteiger charge is -2.24. The molecule has 2 aliphatic rings. The molecule has 0 bridgehead atoms. The quantitative estimate of drug-likeness (QED) is 0.760. The summed E-state index contributed by atoms with van der Waals surface area (Å²) < 4.78 is 14.6. The Morgan fingerprint density at radius 1 is 1.46 bits per heavy atom. The number of carbonyl (C=O) groups is 3. The lowest BCUT2D eigenvalue weighted by atomic mass is 9.94. The van der Waals surface area contributed by atoms with E-state index in [1.54, 1.807) is 4.90 Å². The molecule has 2 N–H and O–H groups in total. The maximum atomic E-state index is 14.6. The van der Waals surface area contributed by atoms with E-state index in [1.807, 2.05) is 13.0 Å². The molecule has 7 heteroatoms. The number of carbonyl (C=O) groups excluding carboxylic acids is 3. The summed E-state index contributed by atoms with van der Waals surface area (Å²) in [5, 5.41) is 5.44. The Bertz CT molecular complexity index is 716. The van der Waals surface area contributed by atoms with Crippen molar-refractivity contribution in [3.8, 4) is 0 Å². The Balaban J connectivity index is 1.71. The molecule has 2 heterocycles. The van der Waals surface area contributed by atoms with E-state index in [4.69, 9.17) is 0 Å². The second kappa shape index (κ2) is 7.95. The minimum absolute atomic E-state index is 0.00247. The van der Waals surface area contributed by atoms with Crippen LogP contribution in [0.4, 0.5) is 4.39 Å². The zero-order valence-corrected chi connectivity index (χ0v) is 14.9. The van der Waals surface area contributed by atoms with Crippen LogP contribution in [0, 0.1) is 5.82 Å². The number of hydrogen-bond acceptors (Lipinski definition) is 4. The molecular formula is C19H24FN3O3. The fourth-order valence-corrected chi connectivity index (χ4v) is 3.75. The Kier molecular flexibility index (Phi) is 5.66. The number of benzene rings is 1. The van der Waals surface area contributed by atoms with Gasteiger partial charge in [-0.1, -0.05) is 6.42 Å². The predicted octanol–water partition coefficient (Wildman–Crippen LogP) is 2.04. The van der Waals surface area contributed by atoms with Crippen molar-refractivity contribution in [2.75, 3.05) is 6.54 Å². The first kappa shape index (κ1) is 18.5. The first-order chi connectivity index (χ1) is 12.5. The van der Waals surface area contributed by atoms with E-state index < -0.39 is 0 Å². The number of rotatable bonds is 6. The first-order valence-corrected chi connectivity index (χ1v) is 9.11. The van der Waals surface area contributed by atoms with Gasteiger partial charge in [0.25, 0.3) is 5.91 Å². The molecule has 1 saturated heterocycles. The first-order valence-electron chi connectivity index (χ1n) is 9.11. The molecule has 2 unspecified atom stereocenters. The molecule has 0 aliphatic carbocycles. The molecule has 3 amide bonds. The number of piperidine rings is 1. The van der Waals surface area contributed by atoms with Crippen molar-refractivity contribution in [3.05, 3.63) is 34.6 Å². The number of nitrogens with one attached hydrogen (secondary N) is 2. The summed E-state index contributed by atoms with van der Waals surface area (Å²) in [4.78, 5) is 36.0. The fourth-order valence-electron chi connectivity index (χ4n) is 3.75. The van der Waals surface area contributed by atoms with Crippen molar-refractivity contribution in [2.45, 2.75) is 57.7 Å². The van der Waals surface area contributed by atoms with Gasteiger partial charge in [-0.05, 0) is 50.4 Å². The van der Waals surface area contributed by atoms with E-state index in [-0.39, 0.29) is 36.1 Å². The van der Waals surface area contributed by atoms with E-state index in [0.717, 1.165) is 31.4 Å². The number of amides is 3. The summed E-state index contributed by atoms with van der Waals surface area (Å²) in [6, 6.07) is 3.00. The second-order valence-electron chi connectivity index (χ2n) is 7.04. The van der Waals surface area contributed by atoms with Crippen LogP contribution in [0.1, 0.15) is 66.6 Å². The van der Waals surface area contributed by atoms with Crippen LogP contribution in [0.3, 0.4) is 0 Å². The molecule has 0 aromatic heterocycles. The third-order valence-corrected chi connectivity index (χ3v) is 5.28. The second-order valence-corrected chi connectivity index (χ2v) is 7.04. The summed E-state index contributed by atoms with van der Waals surface area (Å²) >= 11 is 0.